The molecule has 2 rings (SSSR count). The summed E-state index contributed by atoms with van der Waals surface area (Å²) in [5.41, 5.74) is 2.27. The molecular formula is C11H14FN. The topological polar surface area (TPSA) is 12.0 Å². The smallest absolute Gasteiger partial charge is 0.121 e. The summed E-state index contributed by atoms with van der Waals surface area (Å²) in [4.78, 5) is 0. The monoisotopic (exact) mass is 179 g/mol. The summed E-state index contributed by atoms with van der Waals surface area (Å²) >= 11 is 0. The summed E-state index contributed by atoms with van der Waals surface area (Å²) in [5, 5.41) is 3.17. The van der Waals surface area contributed by atoms with Gasteiger partial charge < -0.3 is 5.32 Å². The molecule has 13 heavy (non-hydrogen) atoms. The Morgan fingerprint density at radius 2 is 2.31 bits per heavy atom. The molecule has 70 valence electrons. The van der Waals surface area contributed by atoms with E-state index >= 15 is 0 Å². The molecule has 0 bridgehead atoms. The van der Waals surface area contributed by atoms with Crippen LogP contribution in [0.3, 0.4) is 0 Å². The Balaban J connectivity index is 2.24. The van der Waals surface area contributed by atoms with Crippen LogP contribution in [0, 0.1) is 6.92 Å². The van der Waals surface area contributed by atoms with Gasteiger partial charge >= 0.3 is 0 Å². The molecule has 0 aromatic heterocycles. The molecule has 1 nitrogen and oxygen atoms in total. The van der Waals surface area contributed by atoms with Gasteiger partial charge in [0, 0.05) is 0 Å². The van der Waals surface area contributed by atoms with Gasteiger partial charge in [-0.15, -0.1) is 0 Å². The van der Waals surface area contributed by atoms with Gasteiger partial charge in [-0.25, -0.2) is 4.39 Å². The fourth-order valence-corrected chi connectivity index (χ4v) is 1.86. The van der Waals surface area contributed by atoms with Crippen LogP contribution in [0.1, 0.15) is 23.6 Å². The van der Waals surface area contributed by atoms with E-state index in [0.29, 0.717) is 6.42 Å². The second-order valence-corrected chi connectivity index (χ2v) is 3.65. The molecule has 1 aliphatic heterocycles. The summed E-state index contributed by atoms with van der Waals surface area (Å²) in [6.45, 7) is 2.82. The molecule has 1 heterocycles. The SMILES string of the molecule is Cc1cccc(C2NCCC2F)c1. The third-order valence-corrected chi connectivity index (χ3v) is 2.55. The molecule has 2 atom stereocenters. The van der Waals surface area contributed by atoms with Crippen LogP contribution >= 0.6 is 0 Å². The van der Waals surface area contributed by atoms with Gasteiger partial charge in [-0.1, -0.05) is 29.8 Å². The Bertz CT molecular complexity index is 298. The van der Waals surface area contributed by atoms with E-state index in [1.807, 2.05) is 25.1 Å². The van der Waals surface area contributed by atoms with Crippen LogP contribution in [-0.4, -0.2) is 12.7 Å². The molecule has 1 aromatic carbocycles. The average Bonchev–Trinajstić information content (AvgIpc) is 2.51. The molecule has 0 amide bonds. The number of rotatable bonds is 1. The highest BCUT2D eigenvalue weighted by Crippen LogP contribution is 2.26. The summed E-state index contributed by atoms with van der Waals surface area (Å²) in [6.07, 6.45) is -0.0830. The molecular weight excluding hydrogens is 165 g/mol. The van der Waals surface area contributed by atoms with Gasteiger partial charge in [0.25, 0.3) is 0 Å². The molecule has 2 unspecified atom stereocenters. The number of benzene rings is 1. The van der Waals surface area contributed by atoms with Crippen molar-refractivity contribution in [3.8, 4) is 0 Å². The highest BCUT2D eigenvalue weighted by Gasteiger charge is 2.27. The number of hydrogen-bond donors (Lipinski definition) is 1. The third-order valence-electron chi connectivity index (χ3n) is 2.55. The predicted molar refractivity (Wildman–Crippen MR) is 51.4 cm³/mol. The summed E-state index contributed by atoms with van der Waals surface area (Å²) in [7, 11) is 0. The van der Waals surface area contributed by atoms with Crippen molar-refractivity contribution in [2.24, 2.45) is 0 Å². The van der Waals surface area contributed by atoms with Crippen LogP contribution < -0.4 is 5.32 Å². The Morgan fingerprint density at radius 1 is 1.46 bits per heavy atom. The first-order valence-electron chi connectivity index (χ1n) is 4.71. The third kappa shape index (κ3) is 1.73. The second-order valence-electron chi connectivity index (χ2n) is 3.65. The first-order valence-corrected chi connectivity index (χ1v) is 4.71. The Morgan fingerprint density at radius 3 is 2.92 bits per heavy atom. The zero-order chi connectivity index (χ0) is 9.26. The summed E-state index contributed by atoms with van der Waals surface area (Å²) in [6, 6.07) is 7.97. The lowest BCUT2D eigenvalue weighted by molar-refractivity contribution is 0.304. The Kier molecular flexibility index (Phi) is 2.32. The quantitative estimate of drug-likeness (QED) is 0.698. The van der Waals surface area contributed by atoms with Gasteiger partial charge in [-0.3, -0.25) is 0 Å². The first kappa shape index (κ1) is 8.70. The van der Waals surface area contributed by atoms with Crippen molar-refractivity contribution in [3.63, 3.8) is 0 Å². The van der Waals surface area contributed by atoms with Crippen LogP contribution in [0.25, 0.3) is 0 Å². The second kappa shape index (κ2) is 3.46. The summed E-state index contributed by atoms with van der Waals surface area (Å²) < 4.78 is 13.3. The van der Waals surface area contributed by atoms with Gasteiger partial charge in [0.05, 0.1) is 6.04 Å². The molecule has 2 heteroatoms. The maximum absolute atomic E-state index is 13.3. The van der Waals surface area contributed by atoms with Crippen LogP contribution in [0.4, 0.5) is 4.39 Å². The zero-order valence-corrected chi connectivity index (χ0v) is 7.76. The van der Waals surface area contributed by atoms with E-state index in [4.69, 9.17) is 0 Å². The van der Waals surface area contributed by atoms with Crippen LogP contribution in [-0.2, 0) is 0 Å². The largest absolute Gasteiger partial charge is 0.307 e. The molecule has 1 aliphatic rings. The zero-order valence-electron chi connectivity index (χ0n) is 7.76. The van der Waals surface area contributed by atoms with Crippen LogP contribution in [0.2, 0.25) is 0 Å². The van der Waals surface area contributed by atoms with E-state index in [2.05, 4.69) is 11.4 Å². The van der Waals surface area contributed by atoms with E-state index in [1.54, 1.807) is 0 Å². The number of aryl methyl sites for hydroxylation is 1. The van der Waals surface area contributed by atoms with Crippen molar-refractivity contribution >= 4 is 0 Å². The average molecular weight is 179 g/mol. The standard InChI is InChI=1S/C11H14FN/c1-8-3-2-4-9(7-8)11-10(12)5-6-13-11/h2-4,7,10-11,13H,5-6H2,1H3. The minimum atomic E-state index is -0.721. The maximum atomic E-state index is 13.3. The van der Waals surface area contributed by atoms with Gasteiger partial charge in [0.15, 0.2) is 0 Å². The molecule has 1 saturated heterocycles. The molecule has 1 aromatic rings. The molecule has 0 saturated carbocycles. The minimum Gasteiger partial charge on any atom is -0.307 e. The van der Waals surface area contributed by atoms with Crippen molar-refractivity contribution in [3.05, 3.63) is 35.4 Å². The van der Waals surface area contributed by atoms with Crippen molar-refractivity contribution < 1.29 is 4.39 Å². The van der Waals surface area contributed by atoms with E-state index in [9.17, 15) is 4.39 Å². The fourth-order valence-electron chi connectivity index (χ4n) is 1.86. The van der Waals surface area contributed by atoms with Gasteiger partial charge in [-0.2, -0.15) is 0 Å². The normalized spacial score (nSPS) is 27.8. The maximum Gasteiger partial charge on any atom is 0.121 e. The van der Waals surface area contributed by atoms with Gasteiger partial charge in [0.1, 0.15) is 6.17 Å². The molecule has 0 aliphatic carbocycles. The lowest BCUT2D eigenvalue weighted by atomic mass is 10.0. The number of hydrogen-bond acceptors (Lipinski definition) is 1. The van der Waals surface area contributed by atoms with Gasteiger partial charge in [-0.05, 0) is 25.5 Å². The first-order chi connectivity index (χ1) is 6.27. The van der Waals surface area contributed by atoms with Crippen molar-refractivity contribution in [2.45, 2.75) is 25.6 Å². The molecule has 1 N–H and O–H groups in total. The molecule has 1 fully saturated rings. The van der Waals surface area contributed by atoms with Crippen molar-refractivity contribution in [1.29, 1.82) is 0 Å². The lowest BCUT2D eigenvalue weighted by Crippen LogP contribution is -2.18. The van der Waals surface area contributed by atoms with Crippen molar-refractivity contribution in [1.82, 2.24) is 5.32 Å². The minimum absolute atomic E-state index is 0.0834. The Hall–Kier alpha value is -0.890. The van der Waals surface area contributed by atoms with Crippen molar-refractivity contribution in [2.75, 3.05) is 6.54 Å². The van der Waals surface area contributed by atoms with E-state index < -0.39 is 6.17 Å². The number of alkyl halides is 1. The van der Waals surface area contributed by atoms with Gasteiger partial charge in [0.2, 0.25) is 0 Å². The Labute approximate surface area is 78.0 Å². The van der Waals surface area contributed by atoms with Crippen LogP contribution in [0.15, 0.2) is 24.3 Å². The van der Waals surface area contributed by atoms with E-state index in [1.165, 1.54) is 5.56 Å². The predicted octanol–water partition coefficient (Wildman–Crippen LogP) is 2.37. The fraction of sp³-hybridized carbons (Fsp3) is 0.455. The van der Waals surface area contributed by atoms with E-state index in [-0.39, 0.29) is 6.04 Å². The molecule has 0 radical (unpaired) electrons. The highest BCUT2D eigenvalue weighted by atomic mass is 19.1. The van der Waals surface area contributed by atoms with Crippen LogP contribution in [0.5, 0.6) is 0 Å². The lowest BCUT2D eigenvalue weighted by Gasteiger charge is -2.13. The number of halogens is 1. The van der Waals surface area contributed by atoms with E-state index in [0.717, 1.165) is 12.1 Å². The molecule has 0 spiro atoms. The summed E-state index contributed by atoms with van der Waals surface area (Å²) in [5.74, 6) is 0. The number of nitrogens with one attached hydrogen (secondary N) is 1. The highest BCUT2D eigenvalue weighted by molar-refractivity contribution is 5.26.